The standard InChI is InChI=1S/C12H23NO/c1-3-10(2)13-9-12(14)11-7-5-4-6-8-11/h10-11,13H,3-9H2,1-2H3. The minimum atomic E-state index is 0.361. The van der Waals surface area contributed by atoms with E-state index < -0.39 is 0 Å². The van der Waals surface area contributed by atoms with E-state index in [1.165, 1.54) is 19.3 Å². The van der Waals surface area contributed by atoms with E-state index in [1.54, 1.807) is 0 Å². The summed E-state index contributed by atoms with van der Waals surface area (Å²) < 4.78 is 0. The van der Waals surface area contributed by atoms with Gasteiger partial charge >= 0.3 is 0 Å². The molecule has 1 saturated carbocycles. The predicted octanol–water partition coefficient (Wildman–Crippen LogP) is 2.52. The van der Waals surface area contributed by atoms with Gasteiger partial charge in [0.1, 0.15) is 5.78 Å². The molecule has 2 heteroatoms. The molecule has 14 heavy (non-hydrogen) atoms. The lowest BCUT2D eigenvalue weighted by Crippen LogP contribution is -2.34. The van der Waals surface area contributed by atoms with Crippen LogP contribution in [0.15, 0.2) is 0 Å². The molecule has 0 radical (unpaired) electrons. The molecule has 82 valence electrons. The zero-order valence-electron chi connectivity index (χ0n) is 9.51. The molecule has 1 rings (SSSR count). The highest BCUT2D eigenvalue weighted by Gasteiger charge is 2.20. The number of carbonyl (C=O) groups excluding carboxylic acids is 1. The van der Waals surface area contributed by atoms with Crippen LogP contribution in [0, 0.1) is 5.92 Å². The summed E-state index contributed by atoms with van der Waals surface area (Å²) in [7, 11) is 0. The molecule has 0 amide bonds. The number of ketones is 1. The Kier molecular flexibility index (Phi) is 5.16. The van der Waals surface area contributed by atoms with Crippen LogP contribution >= 0.6 is 0 Å². The van der Waals surface area contributed by atoms with Gasteiger partial charge in [-0.15, -0.1) is 0 Å². The van der Waals surface area contributed by atoms with E-state index in [9.17, 15) is 4.79 Å². The Hall–Kier alpha value is -0.370. The highest BCUT2D eigenvalue weighted by molar-refractivity contribution is 5.83. The summed E-state index contributed by atoms with van der Waals surface area (Å²) >= 11 is 0. The van der Waals surface area contributed by atoms with Crippen molar-refractivity contribution in [2.24, 2.45) is 5.92 Å². The van der Waals surface area contributed by atoms with E-state index in [-0.39, 0.29) is 0 Å². The van der Waals surface area contributed by atoms with Crippen LogP contribution in [0.1, 0.15) is 52.4 Å². The molecule has 0 aliphatic heterocycles. The van der Waals surface area contributed by atoms with E-state index in [0.29, 0.717) is 24.3 Å². The summed E-state index contributed by atoms with van der Waals surface area (Å²) in [5.41, 5.74) is 0. The fraction of sp³-hybridized carbons (Fsp3) is 0.917. The van der Waals surface area contributed by atoms with Gasteiger partial charge < -0.3 is 5.32 Å². The van der Waals surface area contributed by atoms with Crippen molar-refractivity contribution in [1.29, 1.82) is 0 Å². The van der Waals surface area contributed by atoms with Crippen molar-refractivity contribution in [2.45, 2.75) is 58.4 Å². The average Bonchev–Trinajstić information content (AvgIpc) is 2.26. The molecule has 0 aromatic carbocycles. The van der Waals surface area contributed by atoms with Crippen LogP contribution in [0.4, 0.5) is 0 Å². The monoisotopic (exact) mass is 197 g/mol. The summed E-state index contributed by atoms with van der Waals surface area (Å²) in [6.07, 6.45) is 7.17. The Morgan fingerprint density at radius 2 is 2.00 bits per heavy atom. The number of carbonyl (C=O) groups is 1. The second kappa shape index (κ2) is 6.18. The van der Waals surface area contributed by atoms with Crippen molar-refractivity contribution in [3.8, 4) is 0 Å². The van der Waals surface area contributed by atoms with Crippen molar-refractivity contribution in [1.82, 2.24) is 5.32 Å². The van der Waals surface area contributed by atoms with Gasteiger partial charge in [-0.1, -0.05) is 26.2 Å². The third-order valence-corrected chi connectivity index (χ3v) is 3.30. The number of hydrogen-bond donors (Lipinski definition) is 1. The minimum Gasteiger partial charge on any atom is -0.308 e. The van der Waals surface area contributed by atoms with Crippen LogP contribution in [0.3, 0.4) is 0 Å². The number of rotatable bonds is 5. The SMILES string of the molecule is CCC(C)NCC(=O)C1CCCCC1. The highest BCUT2D eigenvalue weighted by Crippen LogP contribution is 2.23. The number of nitrogens with one attached hydrogen (secondary N) is 1. The Labute approximate surface area is 87.5 Å². The molecule has 2 nitrogen and oxygen atoms in total. The maximum absolute atomic E-state index is 11.8. The van der Waals surface area contributed by atoms with Crippen molar-refractivity contribution in [3.63, 3.8) is 0 Å². The molecular weight excluding hydrogens is 174 g/mol. The Bertz CT molecular complexity index is 173. The molecule has 1 N–H and O–H groups in total. The quantitative estimate of drug-likeness (QED) is 0.733. The summed E-state index contributed by atoms with van der Waals surface area (Å²) in [4.78, 5) is 11.8. The van der Waals surface area contributed by atoms with Gasteiger partial charge in [0, 0.05) is 12.0 Å². The number of Topliss-reactive ketones (excluding diaryl/α,β-unsaturated/α-hetero) is 1. The number of hydrogen-bond acceptors (Lipinski definition) is 2. The fourth-order valence-corrected chi connectivity index (χ4v) is 1.99. The van der Waals surface area contributed by atoms with Crippen LogP contribution in [-0.2, 0) is 4.79 Å². The molecule has 0 aromatic heterocycles. The molecule has 1 unspecified atom stereocenters. The third kappa shape index (κ3) is 3.79. The van der Waals surface area contributed by atoms with Crippen LogP contribution in [-0.4, -0.2) is 18.4 Å². The first-order valence-electron chi connectivity index (χ1n) is 6.00. The second-order valence-electron chi connectivity index (χ2n) is 4.49. The Morgan fingerprint density at radius 1 is 1.36 bits per heavy atom. The third-order valence-electron chi connectivity index (χ3n) is 3.30. The maximum Gasteiger partial charge on any atom is 0.149 e. The first-order chi connectivity index (χ1) is 6.74. The van der Waals surface area contributed by atoms with Crippen molar-refractivity contribution in [3.05, 3.63) is 0 Å². The second-order valence-corrected chi connectivity index (χ2v) is 4.49. The molecule has 1 fully saturated rings. The van der Waals surface area contributed by atoms with Crippen molar-refractivity contribution in [2.75, 3.05) is 6.54 Å². The van der Waals surface area contributed by atoms with Crippen LogP contribution < -0.4 is 5.32 Å². The zero-order valence-corrected chi connectivity index (χ0v) is 9.51. The highest BCUT2D eigenvalue weighted by atomic mass is 16.1. The van der Waals surface area contributed by atoms with Crippen LogP contribution in [0.5, 0.6) is 0 Å². The molecular formula is C12H23NO. The lowest BCUT2D eigenvalue weighted by molar-refractivity contribution is -0.123. The lowest BCUT2D eigenvalue weighted by atomic mass is 9.86. The minimum absolute atomic E-state index is 0.361. The first-order valence-corrected chi connectivity index (χ1v) is 6.00. The molecule has 0 bridgehead atoms. The molecule has 0 spiro atoms. The van der Waals surface area contributed by atoms with Gasteiger partial charge in [0.05, 0.1) is 6.54 Å². The van der Waals surface area contributed by atoms with Gasteiger partial charge in [-0.3, -0.25) is 4.79 Å². The molecule has 1 atom stereocenters. The van der Waals surface area contributed by atoms with Gasteiger partial charge in [0.2, 0.25) is 0 Å². The van der Waals surface area contributed by atoms with Gasteiger partial charge in [-0.25, -0.2) is 0 Å². The summed E-state index contributed by atoms with van der Waals surface area (Å²) in [5, 5.41) is 3.28. The van der Waals surface area contributed by atoms with Gasteiger partial charge in [0.15, 0.2) is 0 Å². The Balaban J connectivity index is 2.19. The molecule has 1 aliphatic carbocycles. The van der Waals surface area contributed by atoms with Gasteiger partial charge in [-0.2, -0.15) is 0 Å². The van der Waals surface area contributed by atoms with E-state index in [2.05, 4.69) is 19.2 Å². The molecule has 0 heterocycles. The Morgan fingerprint density at radius 3 is 2.57 bits per heavy atom. The van der Waals surface area contributed by atoms with E-state index in [4.69, 9.17) is 0 Å². The fourth-order valence-electron chi connectivity index (χ4n) is 1.99. The zero-order chi connectivity index (χ0) is 10.4. The summed E-state index contributed by atoms with van der Waals surface area (Å²) in [6, 6.07) is 0.475. The van der Waals surface area contributed by atoms with Crippen molar-refractivity contribution >= 4 is 5.78 Å². The molecule has 0 aromatic rings. The van der Waals surface area contributed by atoms with E-state index >= 15 is 0 Å². The molecule has 1 aliphatic rings. The van der Waals surface area contributed by atoms with Crippen LogP contribution in [0.2, 0.25) is 0 Å². The van der Waals surface area contributed by atoms with E-state index in [1.807, 2.05) is 0 Å². The van der Waals surface area contributed by atoms with Crippen molar-refractivity contribution < 1.29 is 4.79 Å². The molecule has 0 saturated heterocycles. The van der Waals surface area contributed by atoms with Gasteiger partial charge in [-0.05, 0) is 26.2 Å². The van der Waals surface area contributed by atoms with Crippen LogP contribution in [0.25, 0.3) is 0 Å². The predicted molar refractivity (Wildman–Crippen MR) is 59.3 cm³/mol. The largest absolute Gasteiger partial charge is 0.308 e. The summed E-state index contributed by atoms with van der Waals surface area (Å²) in [5.74, 6) is 0.797. The lowest BCUT2D eigenvalue weighted by Gasteiger charge is -2.21. The smallest absolute Gasteiger partial charge is 0.149 e. The average molecular weight is 197 g/mol. The van der Waals surface area contributed by atoms with E-state index in [0.717, 1.165) is 19.3 Å². The first kappa shape index (κ1) is 11.7. The topological polar surface area (TPSA) is 29.1 Å². The summed E-state index contributed by atoms with van der Waals surface area (Å²) in [6.45, 7) is 4.86. The maximum atomic E-state index is 11.8. The van der Waals surface area contributed by atoms with Gasteiger partial charge in [0.25, 0.3) is 0 Å². The normalized spacial score (nSPS) is 20.7.